The lowest BCUT2D eigenvalue weighted by molar-refractivity contribution is -0.134. The first-order chi connectivity index (χ1) is 10.8. The first kappa shape index (κ1) is 16.9. The zero-order valence-electron chi connectivity index (χ0n) is 13.0. The second-order valence-corrected chi connectivity index (χ2v) is 5.50. The number of nitrogens with zero attached hydrogens (tertiary/aromatic N) is 3. The van der Waals surface area contributed by atoms with Gasteiger partial charge in [-0.2, -0.15) is 0 Å². The van der Waals surface area contributed by atoms with Crippen LogP contribution in [0.2, 0.25) is 0 Å². The summed E-state index contributed by atoms with van der Waals surface area (Å²) in [6, 6.07) is -0.798. The fraction of sp³-hybridized carbons (Fsp3) is 0.571. The highest BCUT2D eigenvalue weighted by Gasteiger charge is 2.30. The van der Waals surface area contributed by atoms with Gasteiger partial charge in [0.15, 0.2) is 5.69 Å². The third-order valence-corrected chi connectivity index (χ3v) is 3.91. The summed E-state index contributed by atoms with van der Waals surface area (Å²) < 4.78 is 1.64. The Morgan fingerprint density at radius 1 is 1.35 bits per heavy atom. The largest absolute Gasteiger partial charge is 0.477 e. The molecule has 2 amide bonds. The molecule has 9 nitrogen and oxygen atoms in total. The van der Waals surface area contributed by atoms with Crippen LogP contribution in [0.3, 0.4) is 0 Å². The van der Waals surface area contributed by atoms with Crippen LogP contribution in [0.1, 0.15) is 41.8 Å². The molecule has 1 aromatic heterocycles. The number of amides is 2. The average molecular weight is 323 g/mol. The number of carboxylic acids is 1. The second-order valence-electron chi connectivity index (χ2n) is 5.50. The van der Waals surface area contributed by atoms with Gasteiger partial charge in [-0.15, -0.1) is 0 Å². The summed E-state index contributed by atoms with van der Waals surface area (Å²) >= 11 is 0. The Balaban J connectivity index is 2.13. The third kappa shape index (κ3) is 3.50. The van der Waals surface area contributed by atoms with E-state index in [1.165, 1.54) is 0 Å². The molecule has 0 bridgehead atoms. The smallest absolute Gasteiger partial charge is 0.354 e. The van der Waals surface area contributed by atoms with Crippen molar-refractivity contribution in [2.45, 2.75) is 45.3 Å². The quantitative estimate of drug-likeness (QED) is 0.617. The predicted molar refractivity (Wildman–Crippen MR) is 80.4 cm³/mol. The Bertz CT molecular complexity index is 639. The van der Waals surface area contributed by atoms with Gasteiger partial charge < -0.3 is 26.0 Å². The molecule has 0 radical (unpaired) electrons. The van der Waals surface area contributed by atoms with Gasteiger partial charge in [-0.05, 0) is 12.8 Å². The molecule has 2 rings (SSSR count). The third-order valence-electron chi connectivity index (χ3n) is 3.91. The van der Waals surface area contributed by atoms with Gasteiger partial charge in [-0.3, -0.25) is 9.59 Å². The van der Waals surface area contributed by atoms with Crippen LogP contribution < -0.4 is 11.5 Å². The number of carbonyl (C=O) groups excluding carboxylic acids is 2. The minimum absolute atomic E-state index is 0.0541. The van der Waals surface area contributed by atoms with Crippen molar-refractivity contribution in [3.63, 3.8) is 0 Å². The van der Waals surface area contributed by atoms with E-state index in [2.05, 4.69) is 4.98 Å². The van der Waals surface area contributed by atoms with Crippen LogP contribution >= 0.6 is 0 Å². The van der Waals surface area contributed by atoms with Crippen molar-refractivity contribution in [1.82, 2.24) is 14.5 Å². The zero-order chi connectivity index (χ0) is 17.1. The van der Waals surface area contributed by atoms with Crippen molar-refractivity contribution in [2.24, 2.45) is 11.5 Å². The molecule has 126 valence electrons. The molecule has 0 spiro atoms. The van der Waals surface area contributed by atoms with Gasteiger partial charge in [0, 0.05) is 19.5 Å². The molecule has 23 heavy (non-hydrogen) atoms. The van der Waals surface area contributed by atoms with E-state index in [0.29, 0.717) is 31.0 Å². The predicted octanol–water partition coefficient (Wildman–Crippen LogP) is -0.921. The van der Waals surface area contributed by atoms with E-state index in [1.807, 2.05) is 6.92 Å². The molecule has 2 heterocycles. The van der Waals surface area contributed by atoms with E-state index in [-0.39, 0.29) is 31.0 Å². The number of aromatic nitrogens is 2. The molecule has 0 saturated carbocycles. The lowest BCUT2D eigenvalue weighted by atomic mass is 10.1. The summed E-state index contributed by atoms with van der Waals surface area (Å²) in [5, 5.41) is 9.32. The van der Waals surface area contributed by atoms with Crippen LogP contribution in [0.25, 0.3) is 0 Å². The highest BCUT2D eigenvalue weighted by molar-refractivity contribution is 5.87. The molecule has 9 heteroatoms. The van der Waals surface area contributed by atoms with Gasteiger partial charge in [0.2, 0.25) is 11.8 Å². The molecule has 1 atom stereocenters. The van der Waals surface area contributed by atoms with Gasteiger partial charge in [0.05, 0.1) is 18.3 Å². The Hall–Kier alpha value is -2.42. The molecule has 1 aromatic rings. The number of carbonyl (C=O) groups is 3. The topological polar surface area (TPSA) is 145 Å². The summed E-state index contributed by atoms with van der Waals surface area (Å²) in [6.45, 7) is 2.76. The lowest BCUT2D eigenvalue weighted by Gasteiger charge is -2.30. The molecular weight excluding hydrogens is 302 g/mol. The number of aromatic carboxylic acids is 1. The monoisotopic (exact) mass is 323 g/mol. The molecule has 0 unspecified atom stereocenters. The Morgan fingerprint density at radius 2 is 2.04 bits per heavy atom. The molecular formula is C14H21N5O4. The first-order valence-electron chi connectivity index (χ1n) is 7.49. The van der Waals surface area contributed by atoms with E-state index in [0.717, 1.165) is 0 Å². The van der Waals surface area contributed by atoms with Gasteiger partial charge in [-0.25, -0.2) is 9.78 Å². The van der Waals surface area contributed by atoms with Crippen molar-refractivity contribution in [3.8, 4) is 0 Å². The minimum Gasteiger partial charge on any atom is -0.477 e. The normalized spacial score (nSPS) is 15.1. The summed E-state index contributed by atoms with van der Waals surface area (Å²) in [5.74, 6) is -1.25. The summed E-state index contributed by atoms with van der Waals surface area (Å²) in [6.07, 6.45) is 0.756. The number of carboxylic acid groups (broad SMARTS) is 1. The number of aryl methyl sites for hydroxylation is 1. The van der Waals surface area contributed by atoms with Crippen molar-refractivity contribution in [1.29, 1.82) is 0 Å². The van der Waals surface area contributed by atoms with E-state index < -0.39 is 17.9 Å². The molecule has 5 N–H and O–H groups in total. The van der Waals surface area contributed by atoms with Gasteiger partial charge in [0.25, 0.3) is 0 Å². The number of rotatable bonds is 6. The highest BCUT2D eigenvalue weighted by Crippen LogP contribution is 2.19. The van der Waals surface area contributed by atoms with Crippen LogP contribution in [0.4, 0.5) is 0 Å². The van der Waals surface area contributed by atoms with E-state index in [4.69, 9.17) is 11.5 Å². The molecule has 0 aliphatic carbocycles. The Labute approximate surface area is 133 Å². The number of imidazole rings is 1. The number of nitrogens with two attached hydrogens (primary N) is 2. The maximum absolute atomic E-state index is 12.3. The summed E-state index contributed by atoms with van der Waals surface area (Å²) in [5.41, 5.74) is 11.6. The van der Waals surface area contributed by atoms with Gasteiger partial charge in [-0.1, -0.05) is 6.92 Å². The zero-order valence-corrected chi connectivity index (χ0v) is 13.0. The first-order valence-corrected chi connectivity index (χ1v) is 7.49. The summed E-state index contributed by atoms with van der Waals surface area (Å²) in [7, 11) is 0. The standard InChI is InChI=1S/C14H21N5O4/c1-2-9-12(14(22)23)19-6-5-18(7-11(19)17-9)13(21)8(15)3-4-10(16)20/h8H,2-7,15H2,1H3,(H2,16,20)(H,22,23)/t8-/m0/s1. The van der Waals surface area contributed by atoms with Gasteiger partial charge in [0.1, 0.15) is 5.82 Å². The number of hydrogen-bond donors (Lipinski definition) is 3. The van der Waals surface area contributed by atoms with E-state index in [9.17, 15) is 19.5 Å². The summed E-state index contributed by atoms with van der Waals surface area (Å²) in [4.78, 5) is 40.3. The van der Waals surface area contributed by atoms with E-state index in [1.54, 1.807) is 9.47 Å². The molecule has 0 saturated heterocycles. The lowest BCUT2D eigenvalue weighted by Crippen LogP contribution is -2.47. The maximum Gasteiger partial charge on any atom is 0.354 e. The maximum atomic E-state index is 12.3. The molecule has 0 aromatic carbocycles. The second kappa shape index (κ2) is 6.78. The van der Waals surface area contributed by atoms with Crippen molar-refractivity contribution >= 4 is 17.8 Å². The molecule has 0 fully saturated rings. The molecule has 1 aliphatic rings. The van der Waals surface area contributed by atoms with Crippen LogP contribution in [0.5, 0.6) is 0 Å². The van der Waals surface area contributed by atoms with E-state index >= 15 is 0 Å². The fourth-order valence-electron chi connectivity index (χ4n) is 2.72. The number of hydrogen-bond acceptors (Lipinski definition) is 5. The van der Waals surface area contributed by atoms with Crippen LogP contribution in [-0.2, 0) is 29.1 Å². The number of fused-ring (bicyclic) bond motifs is 1. The van der Waals surface area contributed by atoms with Crippen LogP contribution in [0.15, 0.2) is 0 Å². The number of primary amides is 1. The van der Waals surface area contributed by atoms with Crippen molar-refractivity contribution < 1.29 is 19.5 Å². The average Bonchev–Trinajstić information content (AvgIpc) is 2.89. The van der Waals surface area contributed by atoms with Crippen LogP contribution in [0, 0.1) is 0 Å². The fourth-order valence-corrected chi connectivity index (χ4v) is 2.72. The highest BCUT2D eigenvalue weighted by atomic mass is 16.4. The SMILES string of the molecule is CCc1nc2n(c1C(=O)O)CCN(C(=O)[C@@H](N)CCC(N)=O)C2. The Morgan fingerprint density at radius 3 is 2.61 bits per heavy atom. The van der Waals surface area contributed by atoms with Crippen molar-refractivity contribution in [3.05, 3.63) is 17.2 Å². The van der Waals surface area contributed by atoms with Crippen molar-refractivity contribution in [2.75, 3.05) is 6.54 Å². The van der Waals surface area contributed by atoms with Gasteiger partial charge >= 0.3 is 5.97 Å². The van der Waals surface area contributed by atoms with Crippen LogP contribution in [-0.4, -0.2) is 49.9 Å². The molecule has 1 aliphatic heterocycles. The minimum atomic E-state index is -1.02. The Kier molecular flexibility index (Phi) is 4.99.